The molecule has 0 bridgehead atoms. The Balaban J connectivity index is 1.40. The summed E-state index contributed by atoms with van der Waals surface area (Å²) in [5.41, 5.74) is 1.72. The maximum absolute atomic E-state index is 13.4. The summed E-state index contributed by atoms with van der Waals surface area (Å²) in [6.45, 7) is 2.28. The molecule has 3 aromatic rings. The van der Waals surface area contributed by atoms with Gasteiger partial charge in [0.15, 0.2) is 11.5 Å². The third kappa shape index (κ3) is 7.08. The first-order valence-corrected chi connectivity index (χ1v) is 14.9. The molecular formula is C31H34N4O7S. The fraction of sp³-hybridized carbons (Fsp3) is 0.355. The zero-order valence-corrected chi connectivity index (χ0v) is 24.8. The van der Waals surface area contributed by atoms with Crippen molar-refractivity contribution in [1.82, 2.24) is 10.2 Å². The number of carbonyl (C=O) groups excluding carboxylic acids is 3. The topological polar surface area (TPSA) is 138 Å². The van der Waals surface area contributed by atoms with E-state index < -0.39 is 23.8 Å². The van der Waals surface area contributed by atoms with Crippen LogP contribution in [0.3, 0.4) is 0 Å². The molecule has 43 heavy (non-hydrogen) atoms. The highest BCUT2D eigenvalue weighted by molar-refractivity contribution is 7.10. The van der Waals surface area contributed by atoms with E-state index in [0.29, 0.717) is 54.6 Å². The van der Waals surface area contributed by atoms with Gasteiger partial charge in [-0.25, -0.2) is 0 Å². The maximum atomic E-state index is 13.4. The number of hydrogen-bond acceptors (Lipinski definition) is 8. The van der Waals surface area contributed by atoms with E-state index in [-0.39, 0.29) is 23.8 Å². The molecule has 0 radical (unpaired) electrons. The molecule has 1 unspecified atom stereocenters. The van der Waals surface area contributed by atoms with Crippen LogP contribution in [0.25, 0.3) is 0 Å². The molecule has 2 fully saturated rings. The van der Waals surface area contributed by atoms with Crippen LogP contribution in [0.15, 0.2) is 53.9 Å². The molecule has 12 heteroatoms. The van der Waals surface area contributed by atoms with Crippen LogP contribution in [0, 0.1) is 5.92 Å². The third-order valence-electron chi connectivity index (χ3n) is 7.58. The number of carboxylic acids is 1. The van der Waals surface area contributed by atoms with Crippen molar-refractivity contribution in [3.8, 4) is 11.5 Å². The van der Waals surface area contributed by atoms with E-state index in [1.165, 1.54) is 25.6 Å². The number of carboxylic acid groups (broad SMARTS) is 1. The minimum Gasteiger partial charge on any atom is -0.493 e. The van der Waals surface area contributed by atoms with Crippen LogP contribution in [0.5, 0.6) is 11.5 Å². The van der Waals surface area contributed by atoms with Gasteiger partial charge < -0.3 is 35.0 Å². The average Bonchev–Trinajstić information content (AvgIpc) is 3.72. The van der Waals surface area contributed by atoms with Crippen molar-refractivity contribution in [3.05, 3.63) is 69.9 Å². The maximum Gasteiger partial charge on any atom is 0.305 e. The Bertz CT molecular complexity index is 1500. The van der Waals surface area contributed by atoms with Crippen molar-refractivity contribution in [1.29, 1.82) is 0 Å². The normalized spacial score (nSPS) is 15.4. The van der Waals surface area contributed by atoms with E-state index in [9.17, 15) is 24.3 Å². The molecule has 226 valence electrons. The minimum atomic E-state index is -1.03. The van der Waals surface area contributed by atoms with Gasteiger partial charge >= 0.3 is 5.97 Å². The summed E-state index contributed by atoms with van der Waals surface area (Å²) in [6, 6.07) is 12.7. The van der Waals surface area contributed by atoms with Gasteiger partial charge in [-0.2, -0.15) is 0 Å². The van der Waals surface area contributed by atoms with Gasteiger partial charge in [-0.05, 0) is 60.7 Å². The van der Waals surface area contributed by atoms with Crippen molar-refractivity contribution in [2.45, 2.75) is 25.3 Å². The molecule has 2 heterocycles. The first kappa shape index (κ1) is 29.9. The fourth-order valence-electron chi connectivity index (χ4n) is 5.11. The SMILES string of the molecule is COc1ccc(C(=O)Nc2cc(C(=O)NC(CC(=O)O)c3cccs3)ccc2N2CCN(C(=O)C3CC3)CC2)cc1OC. The molecule has 3 amide bonds. The molecule has 0 spiro atoms. The number of thiophene rings is 1. The molecule has 1 saturated carbocycles. The van der Waals surface area contributed by atoms with Gasteiger partial charge in [0.25, 0.3) is 11.8 Å². The number of amides is 3. The largest absolute Gasteiger partial charge is 0.493 e. The summed E-state index contributed by atoms with van der Waals surface area (Å²) in [4.78, 5) is 55.6. The number of anilines is 2. The summed E-state index contributed by atoms with van der Waals surface area (Å²) in [5.74, 6) is -0.666. The molecule has 1 aliphatic carbocycles. The van der Waals surface area contributed by atoms with Crippen LogP contribution >= 0.6 is 11.3 Å². The van der Waals surface area contributed by atoms with Crippen molar-refractivity contribution < 1.29 is 33.8 Å². The number of piperazine rings is 1. The lowest BCUT2D eigenvalue weighted by Gasteiger charge is -2.37. The van der Waals surface area contributed by atoms with E-state index in [4.69, 9.17) is 9.47 Å². The fourth-order valence-corrected chi connectivity index (χ4v) is 5.89. The predicted molar refractivity (Wildman–Crippen MR) is 162 cm³/mol. The number of nitrogens with one attached hydrogen (secondary N) is 2. The average molecular weight is 607 g/mol. The molecule has 1 aliphatic heterocycles. The number of ether oxygens (including phenoxy) is 2. The Hall–Kier alpha value is -4.58. The second kappa shape index (κ2) is 13.2. The highest BCUT2D eigenvalue weighted by atomic mass is 32.1. The van der Waals surface area contributed by atoms with E-state index in [2.05, 4.69) is 15.5 Å². The lowest BCUT2D eigenvalue weighted by atomic mass is 10.1. The van der Waals surface area contributed by atoms with Crippen LogP contribution in [0.2, 0.25) is 0 Å². The summed E-state index contributed by atoms with van der Waals surface area (Å²) >= 11 is 1.37. The van der Waals surface area contributed by atoms with E-state index in [0.717, 1.165) is 17.7 Å². The number of benzene rings is 2. The van der Waals surface area contributed by atoms with Crippen LogP contribution in [0.4, 0.5) is 11.4 Å². The highest BCUT2D eigenvalue weighted by Gasteiger charge is 2.35. The number of hydrogen-bond donors (Lipinski definition) is 3. The molecule has 1 aromatic heterocycles. The molecule has 5 rings (SSSR count). The molecule has 2 aliphatic rings. The number of nitrogens with zero attached hydrogens (tertiary/aromatic N) is 2. The van der Waals surface area contributed by atoms with E-state index in [1.54, 1.807) is 48.5 Å². The van der Waals surface area contributed by atoms with Crippen LogP contribution in [-0.2, 0) is 9.59 Å². The van der Waals surface area contributed by atoms with Crippen molar-refractivity contribution in [2.75, 3.05) is 50.6 Å². The van der Waals surface area contributed by atoms with Crippen molar-refractivity contribution in [3.63, 3.8) is 0 Å². The smallest absolute Gasteiger partial charge is 0.305 e. The molecule has 2 aromatic carbocycles. The Morgan fingerprint density at radius 3 is 2.26 bits per heavy atom. The standard InChI is InChI=1S/C31H34N4O7S/c1-41-25-10-8-21(17-26(25)42-2)30(39)32-22-16-20(29(38)33-23(18-28(36)37)27-4-3-15-43-27)7-9-24(22)34-11-13-35(14-12-34)31(40)19-5-6-19/h3-4,7-10,15-17,19,23H,5-6,11-14,18H2,1-2H3,(H,32,39)(H,33,38)(H,36,37). The van der Waals surface area contributed by atoms with Crippen LogP contribution in [0.1, 0.15) is 50.9 Å². The molecule has 11 nitrogen and oxygen atoms in total. The Morgan fingerprint density at radius 1 is 0.930 bits per heavy atom. The number of methoxy groups -OCH3 is 2. The van der Waals surface area contributed by atoms with Gasteiger partial charge in [-0.3, -0.25) is 19.2 Å². The van der Waals surface area contributed by atoms with Crippen molar-refractivity contribution >= 4 is 46.4 Å². The zero-order chi connectivity index (χ0) is 30.5. The van der Waals surface area contributed by atoms with Gasteiger partial charge in [0.2, 0.25) is 5.91 Å². The summed E-state index contributed by atoms with van der Waals surface area (Å²) < 4.78 is 10.6. The molecule has 1 saturated heterocycles. The number of carbonyl (C=O) groups is 4. The lowest BCUT2D eigenvalue weighted by Crippen LogP contribution is -2.49. The Kier molecular flexibility index (Phi) is 9.15. The van der Waals surface area contributed by atoms with Gasteiger partial charge in [-0.1, -0.05) is 6.07 Å². The predicted octanol–water partition coefficient (Wildman–Crippen LogP) is 4.02. The zero-order valence-electron chi connectivity index (χ0n) is 24.0. The molecular weight excluding hydrogens is 572 g/mol. The molecule has 1 atom stereocenters. The summed E-state index contributed by atoms with van der Waals surface area (Å²) in [5, 5.41) is 17.0. The van der Waals surface area contributed by atoms with Crippen molar-refractivity contribution in [2.24, 2.45) is 5.92 Å². The van der Waals surface area contributed by atoms with E-state index in [1.807, 2.05) is 10.3 Å². The quantitative estimate of drug-likeness (QED) is 0.298. The van der Waals surface area contributed by atoms with Crippen LogP contribution < -0.4 is 25.0 Å². The highest BCUT2D eigenvalue weighted by Crippen LogP contribution is 2.34. The second-order valence-electron chi connectivity index (χ2n) is 10.5. The first-order valence-electron chi connectivity index (χ1n) is 14.0. The van der Waals surface area contributed by atoms with Gasteiger partial charge in [-0.15, -0.1) is 11.3 Å². The summed E-state index contributed by atoms with van der Waals surface area (Å²) in [7, 11) is 3.00. The number of rotatable bonds is 11. The van der Waals surface area contributed by atoms with Crippen LogP contribution in [-0.4, -0.2) is 74.1 Å². The Morgan fingerprint density at radius 2 is 1.63 bits per heavy atom. The lowest BCUT2D eigenvalue weighted by molar-refractivity contribution is -0.137. The summed E-state index contributed by atoms with van der Waals surface area (Å²) in [6.07, 6.45) is 1.64. The molecule has 3 N–H and O–H groups in total. The monoisotopic (exact) mass is 606 g/mol. The van der Waals surface area contributed by atoms with Gasteiger partial charge in [0.1, 0.15) is 0 Å². The van der Waals surface area contributed by atoms with E-state index >= 15 is 0 Å². The second-order valence-corrected chi connectivity index (χ2v) is 11.5. The number of aliphatic carboxylic acids is 1. The Labute approximate surface area is 253 Å². The third-order valence-corrected chi connectivity index (χ3v) is 8.57. The first-order chi connectivity index (χ1) is 20.8. The van der Waals surface area contributed by atoms with Gasteiger partial charge in [0, 0.05) is 48.1 Å². The minimum absolute atomic E-state index is 0.153. The van der Waals surface area contributed by atoms with Gasteiger partial charge in [0.05, 0.1) is 38.1 Å².